The molecule has 1 aliphatic heterocycles. The molecule has 3 heterocycles. The second-order valence-electron chi connectivity index (χ2n) is 7.39. The van der Waals surface area contributed by atoms with E-state index in [-0.39, 0.29) is 16.9 Å². The van der Waals surface area contributed by atoms with Crippen molar-refractivity contribution in [2.24, 2.45) is 7.05 Å². The average molecular weight is 442 g/mol. The number of benzene rings is 1. The Morgan fingerprint density at radius 2 is 1.97 bits per heavy atom. The molecule has 1 saturated heterocycles. The van der Waals surface area contributed by atoms with Gasteiger partial charge in [0.05, 0.1) is 18.3 Å². The van der Waals surface area contributed by atoms with Crippen LogP contribution >= 0.6 is 11.6 Å². The van der Waals surface area contributed by atoms with Crippen LogP contribution in [0.4, 0.5) is 10.1 Å². The molecule has 1 fully saturated rings. The smallest absolute Gasteiger partial charge is 0.270 e. The summed E-state index contributed by atoms with van der Waals surface area (Å²) in [6.07, 6.45) is 0. The summed E-state index contributed by atoms with van der Waals surface area (Å²) >= 11 is 6.12. The second-order valence-corrected chi connectivity index (χ2v) is 7.77. The van der Waals surface area contributed by atoms with E-state index in [1.54, 1.807) is 31.3 Å². The number of aryl methyl sites for hydroxylation is 1. The summed E-state index contributed by atoms with van der Waals surface area (Å²) in [5.41, 5.74) is 1.84. The Morgan fingerprint density at radius 3 is 2.65 bits per heavy atom. The van der Waals surface area contributed by atoms with Gasteiger partial charge in [0.1, 0.15) is 33.9 Å². The minimum Gasteiger partial charge on any atom is -0.496 e. The van der Waals surface area contributed by atoms with Gasteiger partial charge in [0.2, 0.25) is 0 Å². The largest absolute Gasteiger partial charge is 0.496 e. The fourth-order valence-electron chi connectivity index (χ4n) is 4.02. The highest BCUT2D eigenvalue weighted by atomic mass is 35.5. The minimum absolute atomic E-state index is 0.0500. The van der Waals surface area contributed by atoms with Crippen molar-refractivity contribution in [3.05, 3.63) is 62.8 Å². The number of hydrogen-bond acceptors (Lipinski definition) is 6. The van der Waals surface area contributed by atoms with Crippen LogP contribution in [0, 0.1) is 17.1 Å². The number of nitrogens with zero attached hydrogens (tertiary/aromatic N) is 5. The molecular formula is C22H21ClFN5O2. The molecule has 2 aromatic heterocycles. The number of halogens is 2. The molecule has 3 aromatic rings. The lowest BCUT2D eigenvalue weighted by Gasteiger charge is -2.37. The maximum atomic E-state index is 14.3. The first-order valence-electron chi connectivity index (χ1n) is 9.82. The lowest BCUT2D eigenvalue weighted by molar-refractivity contribution is 0.242. The van der Waals surface area contributed by atoms with Gasteiger partial charge in [-0.05, 0) is 24.3 Å². The predicted octanol–water partition coefficient (Wildman–Crippen LogP) is 2.93. The molecule has 0 radical (unpaired) electrons. The number of aromatic nitrogens is 2. The van der Waals surface area contributed by atoms with Crippen LogP contribution in [0.3, 0.4) is 0 Å². The summed E-state index contributed by atoms with van der Waals surface area (Å²) in [6, 6.07) is 10.2. The van der Waals surface area contributed by atoms with Crippen molar-refractivity contribution in [3.63, 3.8) is 0 Å². The summed E-state index contributed by atoms with van der Waals surface area (Å²) in [4.78, 5) is 21.3. The maximum Gasteiger partial charge on any atom is 0.270 e. The molecule has 0 atom stereocenters. The molecule has 7 nitrogen and oxygen atoms in total. The van der Waals surface area contributed by atoms with Crippen molar-refractivity contribution in [2.45, 2.75) is 6.54 Å². The molecule has 0 amide bonds. The first kappa shape index (κ1) is 21.1. The summed E-state index contributed by atoms with van der Waals surface area (Å²) < 4.78 is 21.0. The number of piperazine rings is 1. The molecule has 9 heteroatoms. The second kappa shape index (κ2) is 8.53. The van der Waals surface area contributed by atoms with Crippen LogP contribution in [0.1, 0.15) is 11.1 Å². The SMILES string of the molecule is COc1cccc(F)c1CN1CCN(c2c(C#N)c(=O)n(C)c3ccc(Cl)nc23)CC1. The Labute approximate surface area is 183 Å². The number of methoxy groups -OCH3 is 1. The van der Waals surface area contributed by atoms with Gasteiger partial charge in [0.25, 0.3) is 5.56 Å². The number of pyridine rings is 2. The number of ether oxygens (including phenoxy) is 1. The van der Waals surface area contributed by atoms with Gasteiger partial charge < -0.3 is 14.2 Å². The van der Waals surface area contributed by atoms with Gasteiger partial charge in [-0.3, -0.25) is 9.69 Å². The minimum atomic E-state index is -0.368. The van der Waals surface area contributed by atoms with Crippen LogP contribution in [-0.4, -0.2) is 47.7 Å². The number of nitriles is 1. The van der Waals surface area contributed by atoms with E-state index < -0.39 is 0 Å². The van der Waals surface area contributed by atoms with Gasteiger partial charge in [-0.15, -0.1) is 0 Å². The van der Waals surface area contributed by atoms with Crippen LogP contribution in [-0.2, 0) is 13.6 Å². The van der Waals surface area contributed by atoms with E-state index in [4.69, 9.17) is 16.3 Å². The van der Waals surface area contributed by atoms with Crippen LogP contribution in [0.5, 0.6) is 5.75 Å². The molecule has 0 unspecified atom stereocenters. The van der Waals surface area contributed by atoms with E-state index >= 15 is 0 Å². The standard InChI is InChI=1S/C22H21ClFN5O2/c1-27-17-6-7-19(23)26-20(17)21(14(12-25)22(27)30)29-10-8-28(9-11-29)13-15-16(24)4-3-5-18(15)31-2/h3-7H,8-11,13H2,1-2H3. The fourth-order valence-corrected chi connectivity index (χ4v) is 4.16. The maximum absolute atomic E-state index is 14.3. The zero-order valence-corrected chi connectivity index (χ0v) is 18.0. The monoisotopic (exact) mass is 441 g/mol. The number of rotatable bonds is 4. The Morgan fingerprint density at radius 1 is 1.23 bits per heavy atom. The van der Waals surface area contributed by atoms with Gasteiger partial charge in [-0.2, -0.15) is 5.26 Å². The third kappa shape index (κ3) is 3.82. The normalized spacial score (nSPS) is 14.6. The molecule has 0 bridgehead atoms. The van der Waals surface area contributed by atoms with E-state index in [0.29, 0.717) is 65.9 Å². The highest BCUT2D eigenvalue weighted by molar-refractivity contribution is 6.29. The molecule has 4 rings (SSSR count). The Bertz CT molecular complexity index is 1250. The van der Waals surface area contributed by atoms with Crippen LogP contribution in [0.2, 0.25) is 5.15 Å². The predicted molar refractivity (Wildman–Crippen MR) is 117 cm³/mol. The molecule has 0 N–H and O–H groups in total. The Kier molecular flexibility index (Phi) is 5.81. The molecule has 1 aromatic carbocycles. The summed E-state index contributed by atoms with van der Waals surface area (Å²) in [5, 5.41) is 9.99. The molecule has 0 aliphatic carbocycles. The number of hydrogen-bond donors (Lipinski definition) is 0. The number of fused-ring (bicyclic) bond motifs is 1. The Balaban J connectivity index is 1.64. The molecule has 31 heavy (non-hydrogen) atoms. The number of anilines is 1. The highest BCUT2D eigenvalue weighted by Crippen LogP contribution is 2.30. The van der Waals surface area contributed by atoms with Gasteiger partial charge in [-0.1, -0.05) is 17.7 Å². The molecule has 0 spiro atoms. The van der Waals surface area contributed by atoms with E-state index in [2.05, 4.69) is 9.88 Å². The van der Waals surface area contributed by atoms with Gasteiger partial charge in [-0.25, -0.2) is 9.37 Å². The molecule has 1 aliphatic rings. The average Bonchev–Trinajstić information content (AvgIpc) is 2.78. The van der Waals surface area contributed by atoms with E-state index in [1.807, 2.05) is 11.0 Å². The van der Waals surface area contributed by atoms with Crippen LogP contribution in [0.15, 0.2) is 35.1 Å². The van der Waals surface area contributed by atoms with Crippen molar-refractivity contribution in [2.75, 3.05) is 38.2 Å². The van der Waals surface area contributed by atoms with Crippen LogP contribution < -0.4 is 15.2 Å². The lowest BCUT2D eigenvalue weighted by atomic mass is 10.1. The zero-order valence-electron chi connectivity index (χ0n) is 17.2. The zero-order chi connectivity index (χ0) is 22.1. The van der Waals surface area contributed by atoms with Crippen molar-refractivity contribution < 1.29 is 9.13 Å². The van der Waals surface area contributed by atoms with Gasteiger partial charge >= 0.3 is 0 Å². The van der Waals surface area contributed by atoms with Crippen molar-refractivity contribution >= 4 is 28.3 Å². The molecule has 160 valence electrons. The summed E-state index contributed by atoms with van der Waals surface area (Å²) in [7, 11) is 3.14. The van der Waals surface area contributed by atoms with Crippen molar-refractivity contribution in [1.29, 1.82) is 5.26 Å². The van der Waals surface area contributed by atoms with Gasteiger partial charge in [0.15, 0.2) is 0 Å². The lowest BCUT2D eigenvalue weighted by Crippen LogP contribution is -2.47. The van der Waals surface area contributed by atoms with Crippen molar-refractivity contribution in [1.82, 2.24) is 14.5 Å². The third-order valence-electron chi connectivity index (χ3n) is 5.66. The topological polar surface area (TPSA) is 74.4 Å². The van der Waals surface area contributed by atoms with E-state index in [1.165, 1.54) is 17.7 Å². The molecule has 0 saturated carbocycles. The quantitative estimate of drug-likeness (QED) is 0.579. The summed E-state index contributed by atoms with van der Waals surface area (Å²) in [6.45, 7) is 2.78. The van der Waals surface area contributed by atoms with E-state index in [9.17, 15) is 14.4 Å². The summed E-state index contributed by atoms with van der Waals surface area (Å²) in [5.74, 6) is 0.218. The third-order valence-corrected chi connectivity index (χ3v) is 5.87. The first-order valence-corrected chi connectivity index (χ1v) is 10.2. The molecular weight excluding hydrogens is 421 g/mol. The van der Waals surface area contributed by atoms with Crippen molar-refractivity contribution in [3.8, 4) is 11.8 Å². The van der Waals surface area contributed by atoms with Gasteiger partial charge in [0, 0.05) is 45.3 Å². The van der Waals surface area contributed by atoms with Crippen LogP contribution in [0.25, 0.3) is 11.0 Å². The Hall–Kier alpha value is -3.15. The van der Waals surface area contributed by atoms with E-state index in [0.717, 1.165) is 0 Å². The fraction of sp³-hybridized carbons (Fsp3) is 0.318. The first-order chi connectivity index (χ1) is 14.9. The highest BCUT2D eigenvalue weighted by Gasteiger charge is 2.26.